The van der Waals surface area contributed by atoms with Crippen molar-refractivity contribution in [3.05, 3.63) is 29.8 Å². The molecule has 2 rings (SSSR count). The van der Waals surface area contributed by atoms with E-state index in [4.69, 9.17) is 0 Å². The van der Waals surface area contributed by atoms with Crippen LogP contribution in [-0.2, 0) is 10.0 Å². The van der Waals surface area contributed by atoms with Crippen molar-refractivity contribution in [2.24, 2.45) is 5.92 Å². The molecule has 1 aliphatic rings. The second kappa shape index (κ2) is 6.90. The summed E-state index contributed by atoms with van der Waals surface area (Å²) >= 11 is 0. The Hall–Kier alpha value is -0.910. The van der Waals surface area contributed by atoms with Gasteiger partial charge in [0.15, 0.2) is 0 Å². The van der Waals surface area contributed by atoms with Crippen LogP contribution >= 0.6 is 0 Å². The largest absolute Gasteiger partial charge is 0.310 e. The van der Waals surface area contributed by atoms with Gasteiger partial charge in [-0.3, -0.25) is 0 Å². The first-order valence-electron chi connectivity index (χ1n) is 7.83. The molecule has 4 nitrogen and oxygen atoms in total. The molecule has 1 aliphatic carbocycles. The molecule has 5 heteroatoms. The Morgan fingerprint density at radius 1 is 1.24 bits per heavy atom. The Morgan fingerprint density at radius 3 is 2.48 bits per heavy atom. The molecule has 21 heavy (non-hydrogen) atoms. The van der Waals surface area contributed by atoms with E-state index in [1.54, 1.807) is 12.1 Å². The molecule has 0 aliphatic heterocycles. The Bertz CT molecular complexity index is 554. The fraction of sp³-hybridized carbons (Fsp3) is 0.625. The van der Waals surface area contributed by atoms with Crippen molar-refractivity contribution in [2.75, 3.05) is 6.54 Å². The Labute approximate surface area is 128 Å². The van der Waals surface area contributed by atoms with Crippen molar-refractivity contribution in [1.29, 1.82) is 0 Å². The molecular formula is C16H26N2O2S. The van der Waals surface area contributed by atoms with Crippen LogP contribution in [-0.4, -0.2) is 21.0 Å². The lowest BCUT2D eigenvalue weighted by molar-refractivity contribution is 0.572. The lowest BCUT2D eigenvalue weighted by Gasteiger charge is -2.13. The van der Waals surface area contributed by atoms with Gasteiger partial charge >= 0.3 is 0 Å². The number of rotatable bonds is 8. The molecule has 0 amide bonds. The van der Waals surface area contributed by atoms with Crippen LogP contribution in [0.1, 0.15) is 51.6 Å². The van der Waals surface area contributed by atoms with Crippen LogP contribution in [0.4, 0.5) is 0 Å². The van der Waals surface area contributed by atoms with Gasteiger partial charge < -0.3 is 5.32 Å². The minimum atomic E-state index is -3.37. The zero-order valence-corrected chi connectivity index (χ0v) is 13.9. The van der Waals surface area contributed by atoms with E-state index in [9.17, 15) is 8.42 Å². The Morgan fingerprint density at radius 2 is 1.90 bits per heavy atom. The molecule has 3 unspecified atom stereocenters. The van der Waals surface area contributed by atoms with Gasteiger partial charge in [0.1, 0.15) is 0 Å². The molecule has 2 N–H and O–H groups in total. The summed E-state index contributed by atoms with van der Waals surface area (Å²) in [4.78, 5) is 0.358. The number of hydrogen-bond donors (Lipinski definition) is 2. The zero-order chi connectivity index (χ0) is 15.5. The summed E-state index contributed by atoms with van der Waals surface area (Å²) in [5.74, 6) is 0.526. The molecule has 1 aromatic rings. The summed E-state index contributed by atoms with van der Waals surface area (Å²) in [5, 5.41) is 3.32. The van der Waals surface area contributed by atoms with Crippen molar-refractivity contribution < 1.29 is 8.42 Å². The van der Waals surface area contributed by atoms with Gasteiger partial charge in [-0.05, 0) is 49.9 Å². The highest BCUT2D eigenvalue weighted by molar-refractivity contribution is 7.89. The van der Waals surface area contributed by atoms with Crippen LogP contribution in [0.25, 0.3) is 0 Å². The van der Waals surface area contributed by atoms with Crippen molar-refractivity contribution in [2.45, 2.75) is 57.0 Å². The molecule has 1 fully saturated rings. The predicted octanol–water partition coefficient (Wildman–Crippen LogP) is 2.82. The van der Waals surface area contributed by atoms with E-state index < -0.39 is 10.0 Å². The normalized spacial score (nSPS) is 23.0. The summed E-state index contributed by atoms with van der Waals surface area (Å²) in [7, 11) is -3.37. The van der Waals surface area contributed by atoms with E-state index >= 15 is 0 Å². The Kier molecular flexibility index (Phi) is 5.41. The fourth-order valence-electron chi connectivity index (χ4n) is 2.71. The highest BCUT2D eigenvalue weighted by Gasteiger charge is 2.39. The van der Waals surface area contributed by atoms with Gasteiger partial charge in [0.25, 0.3) is 0 Å². The molecule has 0 spiro atoms. The van der Waals surface area contributed by atoms with Gasteiger partial charge in [-0.15, -0.1) is 0 Å². The summed E-state index contributed by atoms with van der Waals surface area (Å²) in [6, 6.07) is 7.54. The quantitative estimate of drug-likeness (QED) is 0.776. The predicted molar refractivity (Wildman–Crippen MR) is 85.7 cm³/mol. The standard InChI is InChI=1S/C16H26N2O2S/c1-4-6-14-11-16(14)18-21(19,20)15-9-7-13(8-10-15)12(3)17-5-2/h7-10,12,14,16-18H,4-6,11H2,1-3H3. The number of sulfonamides is 1. The van der Waals surface area contributed by atoms with Crippen LogP contribution in [0.2, 0.25) is 0 Å². The maximum Gasteiger partial charge on any atom is 0.240 e. The average Bonchev–Trinajstić information content (AvgIpc) is 3.16. The van der Waals surface area contributed by atoms with Gasteiger partial charge in [-0.2, -0.15) is 0 Å². The maximum absolute atomic E-state index is 12.3. The van der Waals surface area contributed by atoms with E-state index in [1.165, 1.54) is 0 Å². The first-order valence-corrected chi connectivity index (χ1v) is 9.32. The molecule has 3 atom stereocenters. The smallest absolute Gasteiger partial charge is 0.240 e. The molecule has 1 aromatic carbocycles. The van der Waals surface area contributed by atoms with Crippen molar-refractivity contribution in [1.82, 2.24) is 10.0 Å². The van der Waals surface area contributed by atoms with E-state index in [1.807, 2.05) is 12.1 Å². The van der Waals surface area contributed by atoms with E-state index in [0.717, 1.165) is 31.4 Å². The van der Waals surface area contributed by atoms with Crippen LogP contribution in [0.5, 0.6) is 0 Å². The summed E-state index contributed by atoms with van der Waals surface area (Å²) in [6.45, 7) is 7.16. The van der Waals surface area contributed by atoms with Crippen LogP contribution in [0, 0.1) is 5.92 Å². The van der Waals surface area contributed by atoms with Crippen molar-refractivity contribution in [3.63, 3.8) is 0 Å². The average molecular weight is 310 g/mol. The van der Waals surface area contributed by atoms with E-state index in [2.05, 4.69) is 30.8 Å². The molecule has 1 saturated carbocycles. The summed E-state index contributed by atoms with van der Waals surface area (Å²) in [6.07, 6.45) is 3.19. The highest BCUT2D eigenvalue weighted by atomic mass is 32.2. The Balaban J connectivity index is 2.00. The number of benzene rings is 1. The molecule has 0 bridgehead atoms. The molecule has 118 valence electrons. The molecule has 0 saturated heterocycles. The summed E-state index contributed by atoms with van der Waals surface area (Å²) < 4.78 is 27.4. The molecule has 0 radical (unpaired) electrons. The van der Waals surface area contributed by atoms with Gasteiger partial charge in [0.2, 0.25) is 10.0 Å². The molecule has 0 aromatic heterocycles. The lowest BCUT2D eigenvalue weighted by Crippen LogP contribution is -2.27. The maximum atomic E-state index is 12.3. The first-order chi connectivity index (χ1) is 9.97. The highest BCUT2D eigenvalue weighted by Crippen LogP contribution is 2.35. The third kappa shape index (κ3) is 4.28. The third-order valence-electron chi connectivity index (χ3n) is 4.09. The minimum absolute atomic E-state index is 0.135. The SMILES string of the molecule is CCCC1CC1NS(=O)(=O)c1ccc(C(C)NCC)cc1. The third-order valence-corrected chi connectivity index (χ3v) is 5.60. The first kappa shape index (κ1) is 16.5. The monoisotopic (exact) mass is 310 g/mol. The second-order valence-corrected chi connectivity index (χ2v) is 7.57. The lowest BCUT2D eigenvalue weighted by atomic mass is 10.1. The van der Waals surface area contributed by atoms with Crippen LogP contribution in [0.3, 0.4) is 0 Å². The topological polar surface area (TPSA) is 58.2 Å². The van der Waals surface area contributed by atoms with Crippen LogP contribution < -0.4 is 10.0 Å². The number of nitrogens with one attached hydrogen (secondary N) is 2. The van der Waals surface area contributed by atoms with Gasteiger partial charge in [-0.25, -0.2) is 13.1 Å². The zero-order valence-electron chi connectivity index (χ0n) is 13.1. The van der Waals surface area contributed by atoms with Gasteiger partial charge in [-0.1, -0.05) is 32.4 Å². The molecule has 0 heterocycles. The minimum Gasteiger partial charge on any atom is -0.310 e. The fourth-order valence-corrected chi connectivity index (χ4v) is 4.03. The summed E-state index contributed by atoms with van der Waals surface area (Å²) in [5.41, 5.74) is 1.10. The second-order valence-electron chi connectivity index (χ2n) is 5.86. The van der Waals surface area contributed by atoms with Crippen LogP contribution in [0.15, 0.2) is 29.2 Å². The van der Waals surface area contributed by atoms with E-state index in [-0.39, 0.29) is 12.1 Å². The van der Waals surface area contributed by atoms with Crippen molar-refractivity contribution in [3.8, 4) is 0 Å². The molecular weight excluding hydrogens is 284 g/mol. The van der Waals surface area contributed by atoms with Gasteiger partial charge in [0.05, 0.1) is 4.90 Å². The van der Waals surface area contributed by atoms with Crippen molar-refractivity contribution >= 4 is 10.0 Å². The number of hydrogen-bond acceptors (Lipinski definition) is 3. The van der Waals surface area contributed by atoms with E-state index in [0.29, 0.717) is 10.8 Å². The van der Waals surface area contributed by atoms with Gasteiger partial charge in [0, 0.05) is 12.1 Å².